The quantitative estimate of drug-likeness (QED) is 0.850. The van der Waals surface area contributed by atoms with Gasteiger partial charge in [-0.15, -0.1) is 0 Å². The molecule has 1 heterocycles. The van der Waals surface area contributed by atoms with Crippen molar-refractivity contribution in [3.05, 3.63) is 53.9 Å². The molecule has 0 aliphatic rings. The third-order valence-corrected chi connectivity index (χ3v) is 3.59. The maximum Gasteiger partial charge on any atom is 0.255 e. The molecule has 0 fully saturated rings. The fourth-order valence-electron chi connectivity index (χ4n) is 2.28. The first-order valence-electron chi connectivity index (χ1n) is 7.57. The number of benzene rings is 1. The van der Waals surface area contributed by atoms with Crippen LogP contribution in [-0.4, -0.2) is 54.3 Å². The van der Waals surface area contributed by atoms with E-state index in [9.17, 15) is 4.79 Å². The topological polar surface area (TPSA) is 62.7 Å². The summed E-state index contributed by atoms with van der Waals surface area (Å²) in [6, 6.07) is 9.91. The number of pyridine rings is 1. The molecule has 0 radical (unpaired) electrons. The van der Waals surface area contributed by atoms with E-state index >= 15 is 0 Å². The minimum atomic E-state index is -0.155. The van der Waals surface area contributed by atoms with Crippen LogP contribution in [0.25, 0.3) is 11.1 Å². The number of aryl methyl sites for hydroxylation is 1. The molecular weight excluding hydrogens is 292 g/mol. The summed E-state index contributed by atoms with van der Waals surface area (Å²) in [6.45, 7) is 3.09. The van der Waals surface area contributed by atoms with Gasteiger partial charge in [-0.05, 0) is 18.6 Å². The average molecular weight is 314 g/mol. The van der Waals surface area contributed by atoms with Crippen molar-refractivity contribution in [1.82, 2.24) is 9.88 Å². The number of aliphatic hydroxyl groups excluding tert-OH is 1. The maximum atomic E-state index is 12.6. The second-order valence-electron chi connectivity index (χ2n) is 5.34. The van der Waals surface area contributed by atoms with Gasteiger partial charge in [-0.1, -0.05) is 29.8 Å². The van der Waals surface area contributed by atoms with Crippen LogP contribution in [0.5, 0.6) is 0 Å². The zero-order valence-electron chi connectivity index (χ0n) is 13.5. The molecule has 1 N–H and O–H groups in total. The van der Waals surface area contributed by atoms with Crippen molar-refractivity contribution >= 4 is 5.91 Å². The Kier molecular flexibility index (Phi) is 6.26. The number of nitrogens with zero attached hydrogens (tertiary/aromatic N) is 2. The van der Waals surface area contributed by atoms with Crippen molar-refractivity contribution < 1.29 is 14.6 Å². The van der Waals surface area contributed by atoms with E-state index in [1.807, 2.05) is 37.3 Å². The van der Waals surface area contributed by atoms with E-state index in [0.717, 1.165) is 11.1 Å². The lowest BCUT2D eigenvalue weighted by molar-refractivity contribution is 0.0656. The van der Waals surface area contributed by atoms with Crippen LogP contribution in [0, 0.1) is 6.92 Å². The number of carbonyl (C=O) groups excluding carboxylic acids is 1. The maximum absolute atomic E-state index is 12.6. The van der Waals surface area contributed by atoms with Crippen LogP contribution >= 0.6 is 0 Å². The molecule has 0 unspecified atom stereocenters. The van der Waals surface area contributed by atoms with Crippen LogP contribution in [0.15, 0.2) is 42.7 Å². The molecule has 0 aliphatic heterocycles. The number of hydrogen-bond acceptors (Lipinski definition) is 4. The Hall–Kier alpha value is -2.24. The molecule has 1 aromatic carbocycles. The molecule has 5 nitrogen and oxygen atoms in total. The lowest BCUT2D eigenvalue weighted by Crippen LogP contribution is -2.36. The summed E-state index contributed by atoms with van der Waals surface area (Å²) in [4.78, 5) is 18.4. The lowest BCUT2D eigenvalue weighted by atomic mass is 10.0. The molecule has 1 aromatic heterocycles. The minimum absolute atomic E-state index is 0.0828. The van der Waals surface area contributed by atoms with Gasteiger partial charge in [0.05, 0.1) is 18.8 Å². The van der Waals surface area contributed by atoms with Crippen LogP contribution in [0.4, 0.5) is 0 Å². The van der Waals surface area contributed by atoms with E-state index in [4.69, 9.17) is 9.84 Å². The highest BCUT2D eigenvalue weighted by molar-refractivity contribution is 5.95. The molecule has 2 rings (SSSR count). The molecule has 0 saturated heterocycles. The van der Waals surface area contributed by atoms with E-state index in [0.29, 0.717) is 18.7 Å². The highest BCUT2D eigenvalue weighted by Gasteiger charge is 2.16. The average Bonchev–Trinajstić information content (AvgIpc) is 2.59. The number of carbonyl (C=O) groups is 1. The third-order valence-electron chi connectivity index (χ3n) is 3.59. The van der Waals surface area contributed by atoms with Crippen molar-refractivity contribution in [2.45, 2.75) is 6.92 Å². The second kappa shape index (κ2) is 8.41. The van der Waals surface area contributed by atoms with Crippen LogP contribution in [0.1, 0.15) is 15.9 Å². The minimum Gasteiger partial charge on any atom is -0.395 e. The smallest absolute Gasteiger partial charge is 0.255 e. The zero-order chi connectivity index (χ0) is 16.7. The number of rotatable bonds is 7. The third kappa shape index (κ3) is 4.61. The van der Waals surface area contributed by atoms with Gasteiger partial charge in [0, 0.05) is 38.2 Å². The Labute approximate surface area is 136 Å². The molecule has 0 atom stereocenters. The number of aliphatic hydroxyl groups is 1. The molecule has 0 saturated carbocycles. The molecular formula is C18H22N2O3. The number of aromatic nitrogens is 1. The summed E-state index contributed by atoms with van der Waals surface area (Å²) in [6.07, 6.45) is 3.30. The highest BCUT2D eigenvalue weighted by Crippen LogP contribution is 2.20. The fourth-order valence-corrected chi connectivity index (χ4v) is 2.28. The Morgan fingerprint density at radius 1 is 1.17 bits per heavy atom. The molecule has 0 bridgehead atoms. The van der Waals surface area contributed by atoms with Crippen molar-refractivity contribution in [3.63, 3.8) is 0 Å². The van der Waals surface area contributed by atoms with Crippen molar-refractivity contribution in [2.75, 3.05) is 33.4 Å². The molecule has 122 valence electrons. The number of methoxy groups -OCH3 is 1. The molecule has 0 aliphatic carbocycles. The van der Waals surface area contributed by atoms with Crippen LogP contribution in [0.3, 0.4) is 0 Å². The summed E-state index contributed by atoms with van der Waals surface area (Å²) in [5.41, 5.74) is 3.60. The Morgan fingerprint density at radius 3 is 2.57 bits per heavy atom. The standard InChI is InChI=1S/C18H22N2O3/c1-14-3-5-15(6-4-14)16-11-17(13-19-12-16)18(22)20(7-9-21)8-10-23-2/h3-6,11-13,21H,7-10H2,1-2H3. The summed E-state index contributed by atoms with van der Waals surface area (Å²) in [5.74, 6) is -0.155. The van der Waals surface area contributed by atoms with Gasteiger partial charge in [-0.25, -0.2) is 0 Å². The molecule has 2 aromatic rings. The van der Waals surface area contributed by atoms with Gasteiger partial charge in [0.15, 0.2) is 0 Å². The summed E-state index contributed by atoms with van der Waals surface area (Å²) in [5, 5.41) is 9.14. The monoisotopic (exact) mass is 314 g/mol. The first kappa shape index (κ1) is 17.1. The molecule has 5 heteroatoms. The predicted molar refractivity (Wildman–Crippen MR) is 89.3 cm³/mol. The Bertz CT molecular complexity index is 641. The van der Waals surface area contributed by atoms with Crippen molar-refractivity contribution in [1.29, 1.82) is 0 Å². The van der Waals surface area contributed by atoms with Gasteiger partial charge >= 0.3 is 0 Å². The summed E-state index contributed by atoms with van der Waals surface area (Å²) < 4.78 is 5.02. The molecule has 0 spiro atoms. The van der Waals surface area contributed by atoms with Gasteiger partial charge in [0.2, 0.25) is 0 Å². The van der Waals surface area contributed by atoms with E-state index in [1.165, 1.54) is 5.56 Å². The lowest BCUT2D eigenvalue weighted by Gasteiger charge is -2.21. The van der Waals surface area contributed by atoms with Gasteiger partial charge < -0.3 is 14.7 Å². The molecule has 23 heavy (non-hydrogen) atoms. The fraction of sp³-hybridized carbons (Fsp3) is 0.333. The van der Waals surface area contributed by atoms with Crippen LogP contribution in [0.2, 0.25) is 0 Å². The number of hydrogen-bond donors (Lipinski definition) is 1. The van der Waals surface area contributed by atoms with Gasteiger partial charge in [-0.2, -0.15) is 0 Å². The second-order valence-corrected chi connectivity index (χ2v) is 5.34. The first-order valence-corrected chi connectivity index (χ1v) is 7.57. The van der Waals surface area contributed by atoms with Crippen LogP contribution < -0.4 is 0 Å². The van der Waals surface area contributed by atoms with E-state index in [-0.39, 0.29) is 19.1 Å². The number of amides is 1. The summed E-state index contributed by atoms with van der Waals surface area (Å²) in [7, 11) is 1.58. The summed E-state index contributed by atoms with van der Waals surface area (Å²) >= 11 is 0. The first-order chi connectivity index (χ1) is 11.2. The Morgan fingerprint density at radius 2 is 1.91 bits per heavy atom. The number of ether oxygens (including phenoxy) is 1. The normalized spacial score (nSPS) is 10.6. The van der Waals surface area contributed by atoms with E-state index in [1.54, 1.807) is 24.4 Å². The van der Waals surface area contributed by atoms with Crippen molar-refractivity contribution in [2.24, 2.45) is 0 Å². The molecule has 1 amide bonds. The van der Waals surface area contributed by atoms with Gasteiger partial charge in [0.25, 0.3) is 5.91 Å². The zero-order valence-corrected chi connectivity index (χ0v) is 13.5. The SMILES string of the molecule is COCCN(CCO)C(=O)c1cncc(-c2ccc(C)cc2)c1. The van der Waals surface area contributed by atoms with Crippen LogP contribution in [-0.2, 0) is 4.74 Å². The van der Waals surface area contributed by atoms with Gasteiger partial charge in [0.1, 0.15) is 0 Å². The Balaban J connectivity index is 2.23. The van der Waals surface area contributed by atoms with E-state index in [2.05, 4.69) is 4.98 Å². The highest BCUT2D eigenvalue weighted by atomic mass is 16.5. The van der Waals surface area contributed by atoms with Crippen molar-refractivity contribution in [3.8, 4) is 11.1 Å². The predicted octanol–water partition coefficient (Wildman–Crippen LogP) is 2.14. The van der Waals surface area contributed by atoms with Gasteiger partial charge in [-0.3, -0.25) is 9.78 Å². The largest absolute Gasteiger partial charge is 0.395 e. The van der Waals surface area contributed by atoms with E-state index < -0.39 is 0 Å².